The number of rotatable bonds is 8. The molecule has 1 aromatic heterocycles. The maximum atomic E-state index is 12.4. The van der Waals surface area contributed by atoms with Gasteiger partial charge in [0.25, 0.3) is 5.91 Å². The van der Waals surface area contributed by atoms with Crippen molar-refractivity contribution in [3.05, 3.63) is 99.5 Å². The van der Waals surface area contributed by atoms with Crippen LogP contribution in [0.25, 0.3) is 23.2 Å². The van der Waals surface area contributed by atoms with Gasteiger partial charge in [-0.2, -0.15) is 5.10 Å². The highest BCUT2D eigenvalue weighted by Gasteiger charge is 2.17. The number of allylic oxidation sites excluding steroid dienone is 1. The molecule has 0 unspecified atom stereocenters. The molecule has 4 aromatic rings. The summed E-state index contributed by atoms with van der Waals surface area (Å²) in [4.78, 5) is 12.4. The Kier molecular flexibility index (Phi) is 8.52. The van der Waals surface area contributed by atoms with Gasteiger partial charge in [0.1, 0.15) is 0 Å². The van der Waals surface area contributed by atoms with Gasteiger partial charge in [-0.15, -0.1) is 10.2 Å². The zero-order chi connectivity index (χ0) is 24.6. The van der Waals surface area contributed by atoms with Gasteiger partial charge in [-0.1, -0.05) is 83.5 Å². The molecule has 3 aromatic carbocycles. The highest BCUT2D eigenvalue weighted by Crippen LogP contribution is 2.28. The minimum absolute atomic E-state index is 0.122. The Bertz CT molecular complexity index is 1350. The van der Waals surface area contributed by atoms with Crippen molar-refractivity contribution >= 4 is 57.5 Å². The Hall–Kier alpha value is -3.20. The van der Waals surface area contributed by atoms with Gasteiger partial charge in [0.05, 0.1) is 12.0 Å². The molecule has 1 N–H and O–H groups in total. The van der Waals surface area contributed by atoms with E-state index in [2.05, 4.69) is 36.7 Å². The summed E-state index contributed by atoms with van der Waals surface area (Å²) in [6.45, 7) is 2.03. The van der Waals surface area contributed by atoms with Gasteiger partial charge >= 0.3 is 0 Å². The van der Waals surface area contributed by atoms with E-state index in [4.69, 9.17) is 11.6 Å². The molecule has 0 radical (unpaired) electrons. The zero-order valence-corrected chi connectivity index (χ0v) is 21.9. The lowest BCUT2D eigenvalue weighted by molar-refractivity contribution is -0.118. The summed E-state index contributed by atoms with van der Waals surface area (Å²) in [7, 11) is 0. The van der Waals surface area contributed by atoms with Gasteiger partial charge in [0.2, 0.25) is 0 Å². The lowest BCUT2D eigenvalue weighted by Crippen LogP contribution is -2.19. The first-order chi connectivity index (χ1) is 17.0. The van der Waals surface area contributed by atoms with Crippen LogP contribution < -0.4 is 5.43 Å². The van der Waals surface area contributed by atoms with Crippen molar-refractivity contribution in [3.8, 4) is 17.1 Å². The van der Waals surface area contributed by atoms with Crippen LogP contribution in [0.3, 0.4) is 0 Å². The summed E-state index contributed by atoms with van der Waals surface area (Å²) in [5.41, 5.74) is 6.51. The highest BCUT2D eigenvalue weighted by molar-refractivity contribution is 9.12. The van der Waals surface area contributed by atoms with Crippen LogP contribution in [0.1, 0.15) is 11.1 Å². The van der Waals surface area contributed by atoms with Crippen molar-refractivity contribution in [1.82, 2.24) is 20.2 Å². The second kappa shape index (κ2) is 12.0. The molecule has 0 aliphatic rings. The summed E-state index contributed by atoms with van der Waals surface area (Å²) < 4.78 is 2.66. The number of carbonyl (C=O) groups is 1. The number of hydrogen-bond donors (Lipinski definition) is 1. The molecule has 0 aliphatic heterocycles. The molecule has 0 bridgehead atoms. The van der Waals surface area contributed by atoms with Gasteiger partial charge in [-0.05, 0) is 58.8 Å². The molecular formula is C26H21BrClN5OS. The van der Waals surface area contributed by atoms with E-state index >= 15 is 0 Å². The Morgan fingerprint density at radius 1 is 1.06 bits per heavy atom. The molecule has 0 aliphatic carbocycles. The van der Waals surface area contributed by atoms with Crippen molar-refractivity contribution in [2.75, 3.05) is 5.75 Å². The Balaban J connectivity index is 1.47. The highest BCUT2D eigenvalue weighted by atomic mass is 79.9. The fourth-order valence-corrected chi connectivity index (χ4v) is 4.39. The number of benzene rings is 3. The maximum Gasteiger partial charge on any atom is 0.250 e. The van der Waals surface area contributed by atoms with E-state index in [1.165, 1.54) is 11.8 Å². The number of amides is 1. The van der Waals surface area contributed by atoms with Crippen LogP contribution in [0.5, 0.6) is 0 Å². The molecule has 176 valence electrons. The Morgan fingerprint density at radius 3 is 2.49 bits per heavy atom. The van der Waals surface area contributed by atoms with Crippen LogP contribution in [0.15, 0.2) is 93.6 Å². The minimum atomic E-state index is -0.256. The van der Waals surface area contributed by atoms with Gasteiger partial charge < -0.3 is 0 Å². The first kappa shape index (κ1) is 24.9. The number of hydrazone groups is 1. The van der Waals surface area contributed by atoms with Gasteiger partial charge in [-0.3, -0.25) is 9.36 Å². The van der Waals surface area contributed by atoms with Crippen LogP contribution in [0.4, 0.5) is 0 Å². The number of aromatic nitrogens is 3. The third-order valence-corrected chi connectivity index (χ3v) is 6.46. The number of carbonyl (C=O) groups excluding carboxylic acids is 1. The normalized spacial score (nSPS) is 11.7. The van der Waals surface area contributed by atoms with Crippen molar-refractivity contribution in [1.29, 1.82) is 0 Å². The van der Waals surface area contributed by atoms with E-state index in [0.717, 1.165) is 26.9 Å². The fraction of sp³-hybridized carbons (Fsp3) is 0.0769. The third-order valence-electron chi connectivity index (χ3n) is 4.84. The minimum Gasteiger partial charge on any atom is -0.272 e. The van der Waals surface area contributed by atoms with Crippen LogP contribution in [0, 0.1) is 6.92 Å². The van der Waals surface area contributed by atoms with Crippen molar-refractivity contribution in [3.63, 3.8) is 0 Å². The largest absolute Gasteiger partial charge is 0.272 e. The topological polar surface area (TPSA) is 72.2 Å². The van der Waals surface area contributed by atoms with Crippen molar-refractivity contribution < 1.29 is 4.79 Å². The van der Waals surface area contributed by atoms with E-state index in [1.54, 1.807) is 6.21 Å². The summed E-state index contributed by atoms with van der Waals surface area (Å²) in [6, 6.07) is 25.3. The quantitative estimate of drug-likeness (QED) is 0.150. The Labute approximate surface area is 221 Å². The number of hydrogen-bond acceptors (Lipinski definition) is 5. The predicted octanol–water partition coefficient (Wildman–Crippen LogP) is 6.53. The first-order valence-corrected chi connectivity index (χ1v) is 12.8. The standard InChI is InChI=1S/C26H21BrClN5OS/c1-18-7-9-20(10-8-18)25-31-32-26(33(25)23-13-11-22(28)12-14-23)35-17-24(34)30-29-16-21(27)15-19-5-3-2-4-6-19/h2-16H,17H2,1H3,(H,30,34)/b21-15-,29-16+. The van der Waals surface area contributed by atoms with Crippen LogP contribution in [-0.4, -0.2) is 32.6 Å². The van der Waals surface area contributed by atoms with Crippen molar-refractivity contribution in [2.45, 2.75) is 12.1 Å². The summed E-state index contributed by atoms with van der Waals surface area (Å²) >= 11 is 10.8. The first-order valence-electron chi connectivity index (χ1n) is 10.6. The monoisotopic (exact) mass is 565 g/mol. The summed E-state index contributed by atoms with van der Waals surface area (Å²) in [5.74, 6) is 0.550. The molecule has 1 amide bonds. The molecule has 0 saturated heterocycles. The van der Waals surface area contributed by atoms with Crippen LogP contribution >= 0.6 is 39.3 Å². The summed E-state index contributed by atoms with van der Waals surface area (Å²) in [5, 5.41) is 14.0. The molecule has 0 fully saturated rings. The van der Waals surface area contributed by atoms with E-state index < -0.39 is 0 Å². The summed E-state index contributed by atoms with van der Waals surface area (Å²) in [6.07, 6.45) is 3.45. The molecular weight excluding hydrogens is 546 g/mol. The van der Waals surface area contributed by atoms with E-state index in [1.807, 2.05) is 96.4 Å². The molecule has 0 spiro atoms. The van der Waals surface area contributed by atoms with Crippen LogP contribution in [-0.2, 0) is 4.79 Å². The lowest BCUT2D eigenvalue weighted by Gasteiger charge is -2.10. The molecule has 9 heteroatoms. The fourth-order valence-electron chi connectivity index (χ4n) is 3.15. The smallest absolute Gasteiger partial charge is 0.250 e. The average molecular weight is 567 g/mol. The zero-order valence-electron chi connectivity index (χ0n) is 18.7. The number of thioether (sulfide) groups is 1. The molecule has 4 rings (SSSR count). The molecule has 35 heavy (non-hydrogen) atoms. The van der Waals surface area contributed by atoms with Crippen molar-refractivity contribution in [2.24, 2.45) is 5.10 Å². The predicted molar refractivity (Wildman–Crippen MR) is 147 cm³/mol. The van der Waals surface area contributed by atoms with E-state index in [9.17, 15) is 4.79 Å². The van der Waals surface area contributed by atoms with Gasteiger partial charge in [-0.25, -0.2) is 5.43 Å². The van der Waals surface area contributed by atoms with Gasteiger partial charge in [0, 0.05) is 20.8 Å². The number of halogens is 2. The molecule has 0 saturated carbocycles. The SMILES string of the molecule is Cc1ccc(-c2nnc(SCC(=O)N/N=C/C(Br)=C/c3ccccc3)n2-c2ccc(Cl)cc2)cc1. The molecule has 6 nitrogen and oxygen atoms in total. The van der Waals surface area contributed by atoms with Gasteiger partial charge in [0.15, 0.2) is 11.0 Å². The molecule has 1 heterocycles. The van der Waals surface area contributed by atoms with Crippen LogP contribution in [0.2, 0.25) is 5.02 Å². The number of nitrogens with zero attached hydrogens (tertiary/aromatic N) is 4. The third kappa shape index (κ3) is 6.91. The Morgan fingerprint density at radius 2 is 1.77 bits per heavy atom. The molecule has 0 atom stereocenters. The second-order valence-corrected chi connectivity index (χ2v) is 9.80. The lowest BCUT2D eigenvalue weighted by atomic mass is 10.1. The van der Waals surface area contributed by atoms with E-state index in [-0.39, 0.29) is 11.7 Å². The maximum absolute atomic E-state index is 12.4. The second-order valence-electron chi connectivity index (χ2n) is 7.51. The number of aryl methyl sites for hydroxylation is 1. The average Bonchev–Trinajstić information content (AvgIpc) is 3.28. The number of nitrogens with one attached hydrogen (secondary N) is 1. The van der Waals surface area contributed by atoms with E-state index in [0.29, 0.717) is 16.0 Å².